The molecule has 1 aromatic rings. The standard InChI is InChI=1S/C15H23FN4O/c1-3-5-10-18-15(17-4-2)19-11-14(21)20-13-8-6-12(16)7-9-13/h6-9H,3-5,10-11H2,1-2H3,(H,20,21)(H2,17,18,19). The topological polar surface area (TPSA) is 65.5 Å². The fourth-order valence-electron chi connectivity index (χ4n) is 1.61. The maximum atomic E-state index is 12.8. The summed E-state index contributed by atoms with van der Waals surface area (Å²) in [5, 5.41) is 8.90. The molecule has 0 saturated carbocycles. The van der Waals surface area contributed by atoms with Crippen LogP contribution in [0.1, 0.15) is 26.7 Å². The minimum absolute atomic E-state index is 0.0127. The van der Waals surface area contributed by atoms with E-state index in [0.717, 1.165) is 25.9 Å². The van der Waals surface area contributed by atoms with Gasteiger partial charge in [0.1, 0.15) is 12.4 Å². The number of hydrogen-bond acceptors (Lipinski definition) is 2. The van der Waals surface area contributed by atoms with Gasteiger partial charge in [0, 0.05) is 18.8 Å². The van der Waals surface area contributed by atoms with Crippen LogP contribution in [-0.2, 0) is 4.79 Å². The molecule has 0 heterocycles. The molecule has 0 bridgehead atoms. The van der Waals surface area contributed by atoms with E-state index in [0.29, 0.717) is 11.6 Å². The van der Waals surface area contributed by atoms with Crippen molar-refractivity contribution in [3.8, 4) is 0 Å². The first-order chi connectivity index (χ1) is 10.2. The van der Waals surface area contributed by atoms with E-state index in [1.54, 1.807) is 0 Å². The van der Waals surface area contributed by atoms with Crippen molar-refractivity contribution < 1.29 is 9.18 Å². The second kappa shape index (κ2) is 9.74. The van der Waals surface area contributed by atoms with Crippen LogP contribution in [0.2, 0.25) is 0 Å². The molecule has 0 aromatic heterocycles. The monoisotopic (exact) mass is 294 g/mol. The maximum absolute atomic E-state index is 12.8. The average molecular weight is 294 g/mol. The zero-order valence-corrected chi connectivity index (χ0v) is 12.6. The van der Waals surface area contributed by atoms with Gasteiger partial charge in [-0.2, -0.15) is 0 Å². The number of nitrogens with one attached hydrogen (secondary N) is 3. The molecule has 0 fully saturated rings. The lowest BCUT2D eigenvalue weighted by Crippen LogP contribution is -2.38. The molecule has 0 radical (unpaired) electrons. The van der Waals surface area contributed by atoms with E-state index in [9.17, 15) is 9.18 Å². The van der Waals surface area contributed by atoms with Gasteiger partial charge in [0.15, 0.2) is 5.96 Å². The van der Waals surface area contributed by atoms with Gasteiger partial charge < -0.3 is 16.0 Å². The van der Waals surface area contributed by atoms with Crippen LogP contribution in [-0.4, -0.2) is 31.5 Å². The number of benzene rings is 1. The van der Waals surface area contributed by atoms with Crippen molar-refractivity contribution in [2.24, 2.45) is 4.99 Å². The molecule has 116 valence electrons. The van der Waals surface area contributed by atoms with Gasteiger partial charge in [0.05, 0.1) is 0 Å². The fourth-order valence-corrected chi connectivity index (χ4v) is 1.61. The summed E-state index contributed by atoms with van der Waals surface area (Å²) in [4.78, 5) is 16.0. The van der Waals surface area contributed by atoms with Gasteiger partial charge >= 0.3 is 0 Å². The molecule has 6 heteroatoms. The van der Waals surface area contributed by atoms with Crippen molar-refractivity contribution >= 4 is 17.6 Å². The van der Waals surface area contributed by atoms with Crippen molar-refractivity contribution in [1.82, 2.24) is 10.6 Å². The highest BCUT2D eigenvalue weighted by Gasteiger charge is 2.03. The lowest BCUT2D eigenvalue weighted by Gasteiger charge is -2.10. The smallest absolute Gasteiger partial charge is 0.246 e. The van der Waals surface area contributed by atoms with Crippen molar-refractivity contribution in [3.63, 3.8) is 0 Å². The summed E-state index contributed by atoms with van der Waals surface area (Å²) in [6.45, 7) is 5.65. The number of anilines is 1. The van der Waals surface area contributed by atoms with Gasteiger partial charge in [-0.05, 0) is 37.6 Å². The Morgan fingerprint density at radius 3 is 2.52 bits per heavy atom. The van der Waals surface area contributed by atoms with Gasteiger partial charge in [-0.1, -0.05) is 13.3 Å². The summed E-state index contributed by atoms with van der Waals surface area (Å²) in [6.07, 6.45) is 2.14. The summed E-state index contributed by atoms with van der Waals surface area (Å²) in [5.74, 6) is 0.0510. The number of hydrogen-bond donors (Lipinski definition) is 3. The first-order valence-corrected chi connectivity index (χ1v) is 7.23. The highest BCUT2D eigenvalue weighted by Crippen LogP contribution is 2.07. The van der Waals surface area contributed by atoms with Crippen LogP contribution < -0.4 is 16.0 Å². The van der Waals surface area contributed by atoms with Crippen molar-refractivity contribution in [2.45, 2.75) is 26.7 Å². The number of aliphatic imine (C=N–C) groups is 1. The molecule has 0 aliphatic carbocycles. The lowest BCUT2D eigenvalue weighted by atomic mass is 10.3. The summed E-state index contributed by atoms with van der Waals surface area (Å²) in [7, 11) is 0. The van der Waals surface area contributed by atoms with E-state index < -0.39 is 0 Å². The van der Waals surface area contributed by atoms with Gasteiger partial charge in [0.2, 0.25) is 5.91 Å². The van der Waals surface area contributed by atoms with Crippen LogP contribution in [0.25, 0.3) is 0 Å². The Kier molecular flexibility index (Phi) is 7.86. The summed E-state index contributed by atoms with van der Waals surface area (Å²) in [6, 6.07) is 5.63. The molecule has 0 saturated heterocycles. The Hall–Kier alpha value is -2.11. The fraction of sp³-hybridized carbons (Fsp3) is 0.467. The number of amides is 1. The first kappa shape index (κ1) is 16.9. The van der Waals surface area contributed by atoms with E-state index in [4.69, 9.17) is 0 Å². The van der Waals surface area contributed by atoms with Crippen LogP contribution >= 0.6 is 0 Å². The second-order valence-electron chi connectivity index (χ2n) is 4.53. The van der Waals surface area contributed by atoms with E-state index in [-0.39, 0.29) is 18.3 Å². The highest BCUT2D eigenvalue weighted by molar-refractivity contribution is 5.94. The van der Waals surface area contributed by atoms with Crippen LogP contribution in [0.15, 0.2) is 29.3 Å². The molecule has 21 heavy (non-hydrogen) atoms. The molecule has 0 aliphatic heterocycles. The second-order valence-corrected chi connectivity index (χ2v) is 4.53. The number of carbonyl (C=O) groups excluding carboxylic acids is 1. The number of unbranched alkanes of at least 4 members (excludes halogenated alkanes) is 1. The molecule has 5 nitrogen and oxygen atoms in total. The quantitative estimate of drug-likeness (QED) is 0.410. The van der Waals surface area contributed by atoms with Gasteiger partial charge in [0.25, 0.3) is 0 Å². The Morgan fingerprint density at radius 2 is 1.90 bits per heavy atom. The molecular weight excluding hydrogens is 271 g/mol. The summed E-state index contributed by atoms with van der Waals surface area (Å²) < 4.78 is 12.8. The molecule has 0 spiro atoms. The minimum atomic E-state index is -0.333. The van der Waals surface area contributed by atoms with Crippen LogP contribution in [0.5, 0.6) is 0 Å². The van der Waals surface area contributed by atoms with Crippen molar-refractivity contribution in [3.05, 3.63) is 30.1 Å². The number of halogens is 1. The molecule has 0 aliphatic rings. The van der Waals surface area contributed by atoms with Crippen molar-refractivity contribution in [2.75, 3.05) is 25.0 Å². The maximum Gasteiger partial charge on any atom is 0.246 e. The summed E-state index contributed by atoms with van der Waals surface area (Å²) >= 11 is 0. The van der Waals surface area contributed by atoms with Crippen molar-refractivity contribution in [1.29, 1.82) is 0 Å². The van der Waals surface area contributed by atoms with Gasteiger partial charge in [-0.15, -0.1) is 0 Å². The molecule has 1 aromatic carbocycles. The Balaban J connectivity index is 2.46. The third-order valence-corrected chi connectivity index (χ3v) is 2.68. The Bertz CT molecular complexity index is 459. The third-order valence-electron chi connectivity index (χ3n) is 2.68. The molecule has 1 amide bonds. The average Bonchev–Trinajstić information content (AvgIpc) is 2.47. The van der Waals surface area contributed by atoms with E-state index in [2.05, 4.69) is 27.9 Å². The number of rotatable bonds is 7. The molecular formula is C15H23FN4O. The van der Waals surface area contributed by atoms with E-state index in [1.807, 2.05) is 6.92 Å². The van der Waals surface area contributed by atoms with Gasteiger partial charge in [-0.3, -0.25) is 4.79 Å². The normalized spacial score (nSPS) is 11.1. The Labute approximate surface area is 125 Å². The van der Waals surface area contributed by atoms with Crippen LogP contribution in [0, 0.1) is 5.82 Å². The van der Waals surface area contributed by atoms with Crippen LogP contribution in [0.4, 0.5) is 10.1 Å². The largest absolute Gasteiger partial charge is 0.357 e. The van der Waals surface area contributed by atoms with Crippen LogP contribution in [0.3, 0.4) is 0 Å². The van der Waals surface area contributed by atoms with E-state index in [1.165, 1.54) is 24.3 Å². The zero-order chi connectivity index (χ0) is 15.5. The molecule has 3 N–H and O–H groups in total. The Morgan fingerprint density at radius 1 is 1.19 bits per heavy atom. The number of guanidine groups is 1. The van der Waals surface area contributed by atoms with Gasteiger partial charge in [-0.25, -0.2) is 9.38 Å². The molecule has 1 rings (SSSR count). The van der Waals surface area contributed by atoms with E-state index >= 15 is 0 Å². The number of carbonyl (C=O) groups is 1. The SMILES string of the molecule is CCCCNC(=NCC(=O)Nc1ccc(F)cc1)NCC. The zero-order valence-electron chi connectivity index (χ0n) is 12.6. The molecule has 0 atom stereocenters. The highest BCUT2D eigenvalue weighted by atomic mass is 19.1. The lowest BCUT2D eigenvalue weighted by molar-refractivity contribution is -0.114. The predicted molar refractivity (Wildman–Crippen MR) is 83.9 cm³/mol. The molecule has 0 unspecified atom stereocenters. The first-order valence-electron chi connectivity index (χ1n) is 7.23. The predicted octanol–water partition coefficient (Wildman–Crippen LogP) is 2.12. The minimum Gasteiger partial charge on any atom is -0.357 e. The third kappa shape index (κ3) is 7.29. The summed E-state index contributed by atoms with van der Waals surface area (Å²) in [5.41, 5.74) is 0.556. The number of nitrogens with zero attached hydrogens (tertiary/aromatic N) is 1.